The summed E-state index contributed by atoms with van der Waals surface area (Å²) in [6.07, 6.45) is 0.851. The molecule has 3 rings (SSSR count). The molecule has 1 fully saturated rings. The van der Waals surface area contributed by atoms with E-state index in [-0.39, 0.29) is 0 Å². The minimum Gasteiger partial charge on any atom is -0.303 e. The molecular weight excluding hydrogens is 331 g/mol. The number of nitrogens with zero attached hydrogens (tertiary/aromatic N) is 1. The van der Waals surface area contributed by atoms with Crippen molar-refractivity contribution in [2.45, 2.75) is 19.9 Å². The topological polar surface area (TPSA) is 41.6 Å². The highest BCUT2D eigenvalue weighted by molar-refractivity contribution is 7.58. The summed E-state index contributed by atoms with van der Waals surface area (Å²) in [6, 6.07) is 15.4. The minimum absolute atomic E-state index is 0.495. The maximum atomic E-state index is 13.4. The lowest BCUT2D eigenvalue weighted by Gasteiger charge is -2.35. The molecule has 2 aromatic carbocycles. The number of rotatable bonds is 4. The van der Waals surface area contributed by atoms with Gasteiger partial charge in [0.1, 0.15) is 0 Å². The van der Waals surface area contributed by atoms with Crippen molar-refractivity contribution in [1.82, 2.24) is 4.67 Å². The molecule has 4 nitrogen and oxygen atoms in total. The Labute approximate surface area is 142 Å². The molecule has 2 aromatic rings. The van der Waals surface area contributed by atoms with Crippen LogP contribution in [-0.4, -0.2) is 17.8 Å². The van der Waals surface area contributed by atoms with Crippen molar-refractivity contribution in [1.29, 1.82) is 0 Å². The van der Waals surface area contributed by atoms with Crippen molar-refractivity contribution >= 4 is 25.0 Å². The number of aryl methyl sites for hydroxylation is 1. The minimum atomic E-state index is -3.13. The Morgan fingerprint density at radius 1 is 1.22 bits per heavy atom. The predicted molar refractivity (Wildman–Crippen MR) is 94.8 cm³/mol. The zero-order chi connectivity index (χ0) is 16.3. The van der Waals surface area contributed by atoms with Crippen LogP contribution in [0.2, 0.25) is 5.02 Å². The van der Waals surface area contributed by atoms with Crippen LogP contribution < -0.4 is 5.09 Å². The molecule has 0 spiro atoms. The van der Waals surface area contributed by atoms with Gasteiger partial charge in [0.15, 0.2) is 0 Å². The summed E-state index contributed by atoms with van der Waals surface area (Å²) in [5.41, 5.74) is 2.82. The summed E-state index contributed by atoms with van der Waals surface area (Å²) in [5.74, 6) is 0. The molecule has 1 aliphatic heterocycles. The molecule has 23 heavy (non-hydrogen) atoms. The highest BCUT2D eigenvalue weighted by Gasteiger charge is 2.35. The van der Waals surface area contributed by atoms with E-state index < -0.39 is 7.67 Å². The van der Waals surface area contributed by atoms with E-state index in [2.05, 4.69) is 5.09 Å². The van der Waals surface area contributed by atoms with Gasteiger partial charge in [-0.05, 0) is 36.6 Å². The number of hydrogen-bond donors (Lipinski definition) is 1. The van der Waals surface area contributed by atoms with Crippen LogP contribution in [0.4, 0.5) is 5.69 Å². The van der Waals surface area contributed by atoms with Crippen molar-refractivity contribution in [2.75, 3.05) is 18.2 Å². The lowest BCUT2D eigenvalue weighted by atomic mass is 10.2. The number of halogens is 1. The van der Waals surface area contributed by atoms with Gasteiger partial charge in [0.25, 0.3) is 0 Å². The number of nitrogens with one attached hydrogen (secondary N) is 1. The van der Waals surface area contributed by atoms with Crippen LogP contribution in [0.15, 0.2) is 48.5 Å². The third-order valence-electron chi connectivity index (χ3n) is 3.92. The Balaban J connectivity index is 1.84. The number of benzene rings is 2. The first-order valence-corrected chi connectivity index (χ1v) is 9.61. The molecule has 1 heterocycles. The van der Waals surface area contributed by atoms with Gasteiger partial charge in [-0.25, -0.2) is 9.24 Å². The molecule has 0 amide bonds. The zero-order valence-electron chi connectivity index (χ0n) is 13.0. The van der Waals surface area contributed by atoms with E-state index in [0.29, 0.717) is 24.7 Å². The van der Waals surface area contributed by atoms with E-state index in [4.69, 9.17) is 16.1 Å². The SMILES string of the molecule is Cc1ccccc1N[P@]1(=O)OCCCN1Cc1ccccc1Cl. The number of hydrogen-bond acceptors (Lipinski definition) is 2. The number of anilines is 1. The standard InChI is InChI=1S/C17H20ClN2O2P/c1-14-7-2-5-10-17(14)19-23(21)20(11-6-12-22-23)13-15-8-3-4-9-16(15)18/h2-5,7-10H,6,11-13H2,1H3,(H,19,21)/t23-/m0/s1. The Morgan fingerprint density at radius 2 is 1.96 bits per heavy atom. The normalized spacial score (nSPS) is 22.0. The van der Waals surface area contributed by atoms with Gasteiger partial charge >= 0.3 is 7.67 Å². The van der Waals surface area contributed by atoms with Crippen molar-refractivity contribution in [3.8, 4) is 0 Å². The molecule has 0 aliphatic carbocycles. The molecule has 0 bridgehead atoms. The highest BCUT2D eigenvalue weighted by atomic mass is 35.5. The summed E-state index contributed by atoms with van der Waals surface area (Å²) in [4.78, 5) is 0. The highest BCUT2D eigenvalue weighted by Crippen LogP contribution is 2.54. The van der Waals surface area contributed by atoms with E-state index in [1.807, 2.05) is 60.1 Å². The van der Waals surface area contributed by atoms with Crippen LogP contribution in [-0.2, 0) is 15.6 Å². The predicted octanol–water partition coefficient (Wildman–Crippen LogP) is 5.09. The summed E-state index contributed by atoms with van der Waals surface area (Å²) in [5, 5.41) is 3.81. The fraction of sp³-hybridized carbons (Fsp3) is 0.294. The third-order valence-corrected chi connectivity index (χ3v) is 6.43. The second-order valence-corrected chi connectivity index (χ2v) is 8.11. The van der Waals surface area contributed by atoms with Gasteiger partial charge in [-0.15, -0.1) is 0 Å². The van der Waals surface area contributed by atoms with Gasteiger partial charge in [-0.1, -0.05) is 48.0 Å². The van der Waals surface area contributed by atoms with E-state index in [1.54, 1.807) is 0 Å². The third kappa shape index (κ3) is 3.78. The molecule has 0 saturated carbocycles. The molecule has 6 heteroatoms. The second kappa shape index (κ2) is 7.06. The Hall–Kier alpha value is -1.32. The van der Waals surface area contributed by atoms with Gasteiger partial charge in [0.2, 0.25) is 0 Å². The van der Waals surface area contributed by atoms with Gasteiger partial charge < -0.3 is 9.61 Å². The van der Waals surface area contributed by atoms with E-state index in [1.165, 1.54) is 0 Å². The van der Waals surface area contributed by atoms with Gasteiger partial charge in [-0.3, -0.25) is 0 Å². The molecule has 0 radical (unpaired) electrons. The van der Waals surface area contributed by atoms with Crippen molar-refractivity contribution in [3.05, 3.63) is 64.7 Å². The Bertz CT molecular complexity index is 738. The lowest BCUT2D eigenvalue weighted by Crippen LogP contribution is -2.31. The summed E-state index contributed by atoms with van der Waals surface area (Å²) >= 11 is 6.24. The Morgan fingerprint density at radius 3 is 2.74 bits per heavy atom. The van der Waals surface area contributed by atoms with E-state index in [9.17, 15) is 4.57 Å². The molecule has 0 unspecified atom stereocenters. The van der Waals surface area contributed by atoms with Gasteiger partial charge in [0.05, 0.1) is 6.61 Å². The van der Waals surface area contributed by atoms with E-state index >= 15 is 0 Å². The van der Waals surface area contributed by atoms with Crippen LogP contribution in [0, 0.1) is 6.92 Å². The maximum Gasteiger partial charge on any atom is 0.368 e. The molecule has 1 aliphatic rings. The lowest BCUT2D eigenvalue weighted by molar-refractivity contribution is 0.206. The molecule has 1 N–H and O–H groups in total. The quantitative estimate of drug-likeness (QED) is 0.780. The first-order valence-electron chi connectivity index (χ1n) is 7.66. The second-order valence-electron chi connectivity index (χ2n) is 5.61. The molecule has 1 saturated heterocycles. The number of para-hydroxylation sites is 1. The van der Waals surface area contributed by atoms with Crippen molar-refractivity contribution < 1.29 is 9.09 Å². The summed E-state index contributed by atoms with van der Waals surface area (Å²) in [7, 11) is -3.13. The summed E-state index contributed by atoms with van der Waals surface area (Å²) in [6.45, 7) is 3.68. The van der Waals surface area contributed by atoms with Crippen LogP contribution in [0.5, 0.6) is 0 Å². The van der Waals surface area contributed by atoms with Gasteiger partial charge in [0, 0.05) is 23.8 Å². The van der Waals surface area contributed by atoms with E-state index in [0.717, 1.165) is 23.2 Å². The zero-order valence-corrected chi connectivity index (χ0v) is 14.7. The largest absolute Gasteiger partial charge is 0.368 e. The average Bonchev–Trinajstić information content (AvgIpc) is 2.54. The fourth-order valence-electron chi connectivity index (χ4n) is 2.60. The van der Waals surface area contributed by atoms with Crippen LogP contribution >= 0.6 is 19.3 Å². The van der Waals surface area contributed by atoms with Gasteiger partial charge in [-0.2, -0.15) is 0 Å². The van der Waals surface area contributed by atoms with Crippen LogP contribution in [0.1, 0.15) is 17.5 Å². The first kappa shape index (κ1) is 16.5. The molecule has 0 aromatic heterocycles. The van der Waals surface area contributed by atoms with Crippen LogP contribution in [0.25, 0.3) is 0 Å². The van der Waals surface area contributed by atoms with Crippen LogP contribution in [0.3, 0.4) is 0 Å². The molecule has 122 valence electrons. The monoisotopic (exact) mass is 350 g/mol. The smallest absolute Gasteiger partial charge is 0.303 e. The molecule has 1 atom stereocenters. The average molecular weight is 351 g/mol. The fourth-order valence-corrected chi connectivity index (χ4v) is 4.84. The van der Waals surface area contributed by atoms with Crippen molar-refractivity contribution in [2.24, 2.45) is 0 Å². The maximum absolute atomic E-state index is 13.4. The molecular formula is C17H20ClN2O2P. The Kier molecular flexibility index (Phi) is 5.08. The van der Waals surface area contributed by atoms with Crippen molar-refractivity contribution in [3.63, 3.8) is 0 Å². The summed E-state index contributed by atoms with van der Waals surface area (Å²) < 4.78 is 20.9. The first-order chi connectivity index (χ1) is 11.1.